The van der Waals surface area contributed by atoms with E-state index in [-0.39, 0.29) is 24.7 Å². The Labute approximate surface area is 91.3 Å². The van der Waals surface area contributed by atoms with Crippen LogP contribution < -0.4 is 5.32 Å². The summed E-state index contributed by atoms with van der Waals surface area (Å²) in [7, 11) is 0. The third-order valence-corrected chi connectivity index (χ3v) is 1.69. The zero-order chi connectivity index (χ0) is 11.8. The zero-order valence-corrected chi connectivity index (χ0v) is 8.29. The third-order valence-electron chi connectivity index (χ3n) is 1.69. The number of pyridine rings is 1. The molecule has 0 aromatic carbocycles. The Bertz CT molecular complexity index is 454. The van der Waals surface area contributed by atoms with Gasteiger partial charge < -0.3 is 5.32 Å². The van der Waals surface area contributed by atoms with Gasteiger partial charge in [-0.25, -0.2) is 4.98 Å². The largest absolute Gasteiger partial charge is 0.351 e. The van der Waals surface area contributed by atoms with Gasteiger partial charge in [-0.1, -0.05) is 5.11 Å². The summed E-state index contributed by atoms with van der Waals surface area (Å²) >= 11 is 0. The molecule has 0 bridgehead atoms. The van der Waals surface area contributed by atoms with Crippen molar-refractivity contribution in [2.75, 3.05) is 13.1 Å². The second-order valence-electron chi connectivity index (χ2n) is 2.75. The van der Waals surface area contributed by atoms with Crippen LogP contribution in [0.15, 0.2) is 23.4 Å². The van der Waals surface area contributed by atoms with E-state index in [1.165, 1.54) is 18.3 Å². The molecular weight excluding hydrogens is 208 g/mol. The normalized spacial score (nSPS) is 8.69. The van der Waals surface area contributed by atoms with Crippen molar-refractivity contribution in [3.8, 4) is 6.07 Å². The van der Waals surface area contributed by atoms with Crippen molar-refractivity contribution in [1.82, 2.24) is 10.3 Å². The number of nitrogens with zero attached hydrogens (tertiary/aromatic N) is 5. The quantitative estimate of drug-likeness (QED) is 0.350. The smallest absolute Gasteiger partial charge is 0.269 e. The molecule has 0 atom stereocenters. The summed E-state index contributed by atoms with van der Waals surface area (Å²) in [5.74, 6) is -0.363. The minimum Gasteiger partial charge on any atom is -0.351 e. The summed E-state index contributed by atoms with van der Waals surface area (Å²) < 4.78 is 0. The van der Waals surface area contributed by atoms with E-state index >= 15 is 0 Å². The molecule has 0 saturated heterocycles. The van der Waals surface area contributed by atoms with E-state index < -0.39 is 0 Å². The Balaban J connectivity index is 2.53. The third kappa shape index (κ3) is 3.29. The highest BCUT2D eigenvalue weighted by Crippen LogP contribution is 1.98. The summed E-state index contributed by atoms with van der Waals surface area (Å²) in [6.45, 7) is 0.448. The van der Waals surface area contributed by atoms with E-state index in [0.717, 1.165) is 0 Å². The highest BCUT2D eigenvalue weighted by molar-refractivity contribution is 5.92. The first kappa shape index (κ1) is 11.5. The molecule has 1 heterocycles. The summed E-state index contributed by atoms with van der Waals surface area (Å²) in [5.41, 5.74) is 8.63. The highest BCUT2D eigenvalue weighted by Gasteiger charge is 2.05. The molecule has 7 heteroatoms. The lowest BCUT2D eigenvalue weighted by Gasteiger charge is -2.01. The van der Waals surface area contributed by atoms with Crippen LogP contribution in [0.2, 0.25) is 0 Å². The monoisotopic (exact) mass is 216 g/mol. The number of nitriles is 1. The van der Waals surface area contributed by atoms with Crippen LogP contribution in [0.5, 0.6) is 0 Å². The second kappa shape index (κ2) is 6.01. The van der Waals surface area contributed by atoms with Crippen molar-refractivity contribution in [3.05, 3.63) is 40.0 Å². The first-order valence-electron chi connectivity index (χ1n) is 4.43. The molecule has 1 rings (SSSR count). The Morgan fingerprint density at radius 1 is 1.69 bits per heavy atom. The first-order chi connectivity index (χ1) is 7.77. The predicted molar refractivity (Wildman–Crippen MR) is 55.3 cm³/mol. The lowest BCUT2D eigenvalue weighted by atomic mass is 10.2. The Kier molecular flexibility index (Phi) is 4.32. The fourth-order valence-corrected chi connectivity index (χ4v) is 0.949. The molecule has 16 heavy (non-hydrogen) atoms. The number of amides is 1. The number of hydrogen-bond acceptors (Lipinski definition) is 4. The number of hydrogen-bond donors (Lipinski definition) is 1. The topological polar surface area (TPSA) is 115 Å². The molecule has 7 nitrogen and oxygen atoms in total. The van der Waals surface area contributed by atoms with Crippen LogP contribution in [0.4, 0.5) is 0 Å². The van der Waals surface area contributed by atoms with E-state index in [9.17, 15) is 4.79 Å². The van der Waals surface area contributed by atoms with Gasteiger partial charge in [0.2, 0.25) is 0 Å². The average molecular weight is 216 g/mol. The molecule has 0 radical (unpaired) electrons. The SMILES string of the molecule is N#Cc1ccc(C(=O)NCCN=[N+]=[N-])nc1. The van der Waals surface area contributed by atoms with Gasteiger partial charge in [-0.15, -0.1) is 0 Å². The minimum absolute atomic E-state index is 0.193. The van der Waals surface area contributed by atoms with E-state index in [2.05, 4.69) is 20.3 Å². The number of carbonyl (C=O) groups is 1. The summed E-state index contributed by atoms with van der Waals surface area (Å²) in [6.07, 6.45) is 1.32. The van der Waals surface area contributed by atoms with Crippen molar-refractivity contribution in [2.24, 2.45) is 5.11 Å². The van der Waals surface area contributed by atoms with Crippen LogP contribution in [0.25, 0.3) is 10.4 Å². The molecule has 1 amide bonds. The van der Waals surface area contributed by atoms with Gasteiger partial charge in [0.15, 0.2) is 0 Å². The molecule has 80 valence electrons. The van der Waals surface area contributed by atoms with E-state index in [4.69, 9.17) is 10.8 Å². The molecule has 0 aliphatic heterocycles. The second-order valence-corrected chi connectivity index (χ2v) is 2.75. The maximum absolute atomic E-state index is 11.4. The summed E-state index contributed by atoms with van der Waals surface area (Å²) in [4.78, 5) is 17.8. The molecule has 1 aromatic heterocycles. The van der Waals surface area contributed by atoms with Gasteiger partial charge in [0.25, 0.3) is 5.91 Å². The molecule has 0 saturated carbocycles. The molecule has 1 N–H and O–H groups in total. The Hall–Kier alpha value is -2.58. The van der Waals surface area contributed by atoms with Gasteiger partial charge >= 0.3 is 0 Å². The van der Waals surface area contributed by atoms with Gasteiger partial charge in [-0.2, -0.15) is 5.26 Å². The lowest BCUT2D eigenvalue weighted by Crippen LogP contribution is -2.26. The fourth-order valence-electron chi connectivity index (χ4n) is 0.949. The van der Waals surface area contributed by atoms with Crippen LogP contribution >= 0.6 is 0 Å². The average Bonchev–Trinajstić information content (AvgIpc) is 2.34. The molecule has 0 spiro atoms. The lowest BCUT2D eigenvalue weighted by molar-refractivity contribution is 0.0950. The van der Waals surface area contributed by atoms with Gasteiger partial charge in [0.05, 0.1) is 5.56 Å². The number of rotatable bonds is 4. The summed E-state index contributed by atoms with van der Waals surface area (Å²) in [5, 5.41) is 14.3. The van der Waals surface area contributed by atoms with Crippen LogP contribution in [0, 0.1) is 11.3 Å². The maximum Gasteiger partial charge on any atom is 0.269 e. The molecule has 0 unspecified atom stereocenters. The standard InChI is InChI=1S/C9H8N6O/c10-5-7-1-2-8(13-6-7)9(16)12-3-4-14-15-11/h1-2,6H,3-4H2,(H,12,16). The van der Waals surface area contributed by atoms with Crippen LogP contribution in [-0.2, 0) is 0 Å². The van der Waals surface area contributed by atoms with E-state index in [1.54, 1.807) is 0 Å². The minimum atomic E-state index is -0.363. The number of aromatic nitrogens is 1. The van der Waals surface area contributed by atoms with Crippen molar-refractivity contribution >= 4 is 5.91 Å². The molecule has 1 aromatic rings. The van der Waals surface area contributed by atoms with Crippen LogP contribution in [0.3, 0.4) is 0 Å². The fraction of sp³-hybridized carbons (Fsp3) is 0.222. The summed E-state index contributed by atoms with van der Waals surface area (Å²) in [6, 6.07) is 4.87. The highest BCUT2D eigenvalue weighted by atomic mass is 16.1. The van der Waals surface area contributed by atoms with E-state index in [1.807, 2.05) is 6.07 Å². The first-order valence-corrected chi connectivity index (χ1v) is 4.43. The number of azide groups is 1. The van der Waals surface area contributed by atoms with Crippen molar-refractivity contribution in [2.45, 2.75) is 0 Å². The molecular formula is C9H8N6O. The Morgan fingerprint density at radius 2 is 2.50 bits per heavy atom. The van der Waals surface area contributed by atoms with Crippen molar-refractivity contribution < 1.29 is 4.79 Å². The number of carbonyl (C=O) groups excluding carboxylic acids is 1. The van der Waals surface area contributed by atoms with Crippen LogP contribution in [-0.4, -0.2) is 24.0 Å². The van der Waals surface area contributed by atoms with Gasteiger partial charge in [0, 0.05) is 24.2 Å². The predicted octanol–water partition coefficient (Wildman–Crippen LogP) is 0.993. The van der Waals surface area contributed by atoms with Crippen molar-refractivity contribution in [3.63, 3.8) is 0 Å². The molecule has 0 aliphatic rings. The van der Waals surface area contributed by atoms with E-state index in [0.29, 0.717) is 5.56 Å². The molecule has 0 fully saturated rings. The van der Waals surface area contributed by atoms with Gasteiger partial charge in [-0.3, -0.25) is 4.79 Å². The number of nitrogens with one attached hydrogen (secondary N) is 1. The van der Waals surface area contributed by atoms with Gasteiger partial charge in [0.1, 0.15) is 11.8 Å². The van der Waals surface area contributed by atoms with Crippen molar-refractivity contribution in [1.29, 1.82) is 5.26 Å². The maximum atomic E-state index is 11.4. The van der Waals surface area contributed by atoms with Crippen LogP contribution in [0.1, 0.15) is 16.1 Å². The van der Waals surface area contributed by atoms with Gasteiger partial charge in [-0.05, 0) is 17.7 Å². The zero-order valence-electron chi connectivity index (χ0n) is 8.29. The Morgan fingerprint density at radius 3 is 3.06 bits per heavy atom. The molecule has 0 aliphatic carbocycles.